The molecule has 0 heterocycles. The van der Waals surface area contributed by atoms with E-state index in [4.69, 9.17) is 4.74 Å². The number of hydrogen-bond donors (Lipinski definition) is 1. The Hall–Kier alpha value is -1.02. The number of ether oxygens (including phenoxy) is 1. The summed E-state index contributed by atoms with van der Waals surface area (Å²) in [4.78, 5) is 0. The van der Waals surface area contributed by atoms with Crippen LogP contribution in [0.5, 0.6) is 5.75 Å². The smallest absolute Gasteiger partial charge is 0.122 e. The van der Waals surface area contributed by atoms with Crippen molar-refractivity contribution in [2.24, 2.45) is 5.92 Å². The number of benzene rings is 1. The molecule has 1 aromatic rings. The average Bonchev–Trinajstić information content (AvgIpc) is 2.77. The highest BCUT2D eigenvalue weighted by Gasteiger charge is 2.24. The van der Waals surface area contributed by atoms with E-state index in [1.807, 2.05) is 0 Å². The highest BCUT2D eigenvalue weighted by Crippen LogP contribution is 2.31. The summed E-state index contributed by atoms with van der Waals surface area (Å²) < 4.78 is 5.45. The molecule has 0 spiro atoms. The van der Waals surface area contributed by atoms with Crippen LogP contribution in [0.1, 0.15) is 30.4 Å². The lowest BCUT2D eigenvalue weighted by Crippen LogP contribution is -2.21. The molecule has 17 heavy (non-hydrogen) atoms. The molecule has 0 radical (unpaired) electrons. The van der Waals surface area contributed by atoms with Gasteiger partial charge in [-0.05, 0) is 57.2 Å². The molecule has 94 valence electrons. The first kappa shape index (κ1) is 12.4. The van der Waals surface area contributed by atoms with Gasteiger partial charge in [0.1, 0.15) is 5.75 Å². The monoisotopic (exact) mass is 233 g/mol. The van der Waals surface area contributed by atoms with Crippen LogP contribution in [0.3, 0.4) is 0 Å². The fourth-order valence-corrected chi connectivity index (χ4v) is 2.90. The predicted octanol–water partition coefficient (Wildman–Crippen LogP) is 2.93. The Labute approximate surface area is 104 Å². The number of hydrogen-bond acceptors (Lipinski definition) is 2. The average molecular weight is 233 g/mol. The molecule has 1 fully saturated rings. The van der Waals surface area contributed by atoms with E-state index in [0.717, 1.165) is 24.1 Å². The third-order valence-electron chi connectivity index (χ3n) is 3.89. The summed E-state index contributed by atoms with van der Waals surface area (Å²) in [7, 11) is 3.83. The zero-order valence-corrected chi connectivity index (χ0v) is 11.1. The van der Waals surface area contributed by atoms with Gasteiger partial charge >= 0.3 is 0 Å². The van der Waals surface area contributed by atoms with Gasteiger partial charge in [-0.25, -0.2) is 0 Å². The summed E-state index contributed by atoms with van der Waals surface area (Å²) in [5.41, 5.74) is 2.69. The number of rotatable bonds is 4. The molecule has 2 nitrogen and oxygen atoms in total. The molecule has 0 amide bonds. The normalized spacial score (nSPS) is 23.9. The van der Waals surface area contributed by atoms with Crippen molar-refractivity contribution in [3.05, 3.63) is 29.3 Å². The molecular weight excluding hydrogens is 210 g/mol. The van der Waals surface area contributed by atoms with Crippen molar-refractivity contribution in [2.75, 3.05) is 14.2 Å². The van der Waals surface area contributed by atoms with Crippen molar-refractivity contribution in [3.8, 4) is 5.75 Å². The molecule has 0 aromatic heterocycles. The lowest BCUT2D eigenvalue weighted by atomic mass is 9.96. The first-order valence-electron chi connectivity index (χ1n) is 6.53. The molecule has 0 saturated heterocycles. The van der Waals surface area contributed by atoms with Crippen LogP contribution in [0, 0.1) is 12.8 Å². The molecular formula is C15H23NO. The second kappa shape index (κ2) is 5.54. The Morgan fingerprint density at radius 2 is 2.18 bits per heavy atom. The Morgan fingerprint density at radius 3 is 2.82 bits per heavy atom. The molecule has 1 aliphatic carbocycles. The van der Waals surface area contributed by atoms with Crippen LogP contribution in [0.15, 0.2) is 18.2 Å². The van der Waals surface area contributed by atoms with Crippen molar-refractivity contribution >= 4 is 0 Å². The standard InChI is InChI=1S/C15H23NO/c1-11-4-7-15(17-3)13(8-11)9-12-5-6-14(10-12)16-2/h4,7-8,12,14,16H,5-6,9-10H2,1-3H3. The van der Waals surface area contributed by atoms with Crippen LogP contribution in [0.4, 0.5) is 0 Å². The van der Waals surface area contributed by atoms with Crippen LogP contribution in [-0.2, 0) is 6.42 Å². The second-order valence-electron chi connectivity index (χ2n) is 5.18. The van der Waals surface area contributed by atoms with E-state index in [2.05, 4.69) is 37.5 Å². The molecule has 2 heteroatoms. The highest BCUT2D eigenvalue weighted by atomic mass is 16.5. The molecule has 1 aliphatic rings. The van der Waals surface area contributed by atoms with Gasteiger partial charge in [0, 0.05) is 6.04 Å². The van der Waals surface area contributed by atoms with Crippen molar-refractivity contribution < 1.29 is 4.74 Å². The molecule has 2 unspecified atom stereocenters. The highest BCUT2D eigenvalue weighted by molar-refractivity contribution is 5.37. The van der Waals surface area contributed by atoms with Crippen molar-refractivity contribution in [2.45, 2.75) is 38.6 Å². The first-order valence-corrected chi connectivity index (χ1v) is 6.53. The number of nitrogens with one attached hydrogen (secondary N) is 1. The van der Waals surface area contributed by atoms with E-state index in [1.165, 1.54) is 30.4 Å². The molecule has 1 N–H and O–H groups in total. The van der Waals surface area contributed by atoms with Gasteiger partial charge in [-0.1, -0.05) is 17.7 Å². The van der Waals surface area contributed by atoms with Gasteiger partial charge in [0.05, 0.1) is 7.11 Å². The van der Waals surface area contributed by atoms with E-state index in [0.29, 0.717) is 0 Å². The topological polar surface area (TPSA) is 21.3 Å². The van der Waals surface area contributed by atoms with Gasteiger partial charge in [0.15, 0.2) is 0 Å². The maximum Gasteiger partial charge on any atom is 0.122 e. The maximum absolute atomic E-state index is 5.45. The largest absolute Gasteiger partial charge is 0.496 e. The Kier molecular flexibility index (Phi) is 4.06. The van der Waals surface area contributed by atoms with E-state index in [-0.39, 0.29) is 0 Å². The lowest BCUT2D eigenvalue weighted by molar-refractivity contribution is 0.403. The minimum Gasteiger partial charge on any atom is -0.496 e. The zero-order chi connectivity index (χ0) is 12.3. The van der Waals surface area contributed by atoms with Crippen LogP contribution in [-0.4, -0.2) is 20.2 Å². The summed E-state index contributed by atoms with van der Waals surface area (Å²) in [5.74, 6) is 1.85. The van der Waals surface area contributed by atoms with Crippen LogP contribution in [0.2, 0.25) is 0 Å². The zero-order valence-electron chi connectivity index (χ0n) is 11.1. The van der Waals surface area contributed by atoms with Crippen molar-refractivity contribution in [3.63, 3.8) is 0 Å². The fourth-order valence-electron chi connectivity index (χ4n) is 2.90. The fraction of sp³-hybridized carbons (Fsp3) is 0.600. The van der Waals surface area contributed by atoms with Gasteiger partial charge < -0.3 is 10.1 Å². The summed E-state index contributed by atoms with van der Waals surface area (Å²) in [6.45, 7) is 2.15. The quantitative estimate of drug-likeness (QED) is 0.863. The van der Waals surface area contributed by atoms with Gasteiger partial charge in [0.2, 0.25) is 0 Å². The third-order valence-corrected chi connectivity index (χ3v) is 3.89. The van der Waals surface area contributed by atoms with E-state index < -0.39 is 0 Å². The SMILES string of the molecule is CNC1CCC(Cc2cc(C)ccc2OC)C1. The summed E-state index contributed by atoms with van der Waals surface area (Å²) in [6, 6.07) is 7.20. The van der Waals surface area contributed by atoms with E-state index in [9.17, 15) is 0 Å². The van der Waals surface area contributed by atoms with E-state index >= 15 is 0 Å². The maximum atomic E-state index is 5.45. The van der Waals surface area contributed by atoms with Gasteiger partial charge in [-0.3, -0.25) is 0 Å². The van der Waals surface area contributed by atoms with Crippen molar-refractivity contribution in [1.29, 1.82) is 0 Å². The van der Waals surface area contributed by atoms with Crippen molar-refractivity contribution in [1.82, 2.24) is 5.32 Å². The van der Waals surface area contributed by atoms with Gasteiger partial charge in [0.25, 0.3) is 0 Å². The Morgan fingerprint density at radius 1 is 1.35 bits per heavy atom. The minimum atomic E-state index is 0.718. The Bertz CT molecular complexity index is 375. The molecule has 0 aliphatic heterocycles. The molecule has 1 aromatic carbocycles. The van der Waals surface area contributed by atoms with Crippen LogP contribution < -0.4 is 10.1 Å². The summed E-state index contributed by atoms with van der Waals surface area (Å²) in [6.07, 6.45) is 5.11. The van der Waals surface area contributed by atoms with Gasteiger partial charge in [-0.2, -0.15) is 0 Å². The van der Waals surface area contributed by atoms with Crippen LogP contribution >= 0.6 is 0 Å². The predicted molar refractivity (Wildman–Crippen MR) is 71.6 cm³/mol. The second-order valence-corrected chi connectivity index (χ2v) is 5.18. The molecule has 0 bridgehead atoms. The number of aryl methyl sites for hydroxylation is 1. The number of methoxy groups -OCH3 is 1. The lowest BCUT2D eigenvalue weighted by Gasteiger charge is -2.14. The summed E-state index contributed by atoms with van der Waals surface area (Å²) >= 11 is 0. The van der Waals surface area contributed by atoms with Gasteiger partial charge in [-0.15, -0.1) is 0 Å². The molecule has 1 saturated carbocycles. The molecule has 2 atom stereocenters. The first-order chi connectivity index (χ1) is 8.22. The van der Waals surface area contributed by atoms with Crippen LogP contribution in [0.25, 0.3) is 0 Å². The summed E-state index contributed by atoms with van der Waals surface area (Å²) in [5, 5.41) is 3.39. The molecule has 2 rings (SSSR count). The third kappa shape index (κ3) is 3.01. The Balaban J connectivity index is 2.05. The van der Waals surface area contributed by atoms with E-state index in [1.54, 1.807) is 7.11 Å². The minimum absolute atomic E-state index is 0.718.